The van der Waals surface area contributed by atoms with Gasteiger partial charge in [0.05, 0.1) is 0 Å². The van der Waals surface area contributed by atoms with E-state index < -0.39 is 0 Å². The molecule has 0 bridgehead atoms. The van der Waals surface area contributed by atoms with Crippen molar-refractivity contribution in [2.45, 2.75) is 26.7 Å². The molecular formula is C10H13NO. The highest BCUT2D eigenvalue weighted by atomic mass is 16.1. The molecule has 0 aromatic carbocycles. The maximum absolute atomic E-state index is 11.1. The van der Waals surface area contributed by atoms with E-state index in [4.69, 9.17) is 0 Å². The fourth-order valence-electron chi connectivity index (χ4n) is 1.02. The van der Waals surface area contributed by atoms with Crippen LogP contribution in [0.15, 0.2) is 18.2 Å². The molecule has 0 atom stereocenters. The predicted octanol–water partition coefficient (Wildman–Crippen LogP) is 1.91. The minimum Gasteiger partial charge on any atom is -0.299 e. The predicted molar refractivity (Wildman–Crippen MR) is 48.0 cm³/mol. The van der Waals surface area contributed by atoms with Gasteiger partial charge in [-0.15, -0.1) is 0 Å². The second-order valence-electron chi connectivity index (χ2n) is 2.84. The molecule has 64 valence electrons. The largest absolute Gasteiger partial charge is 0.299 e. The van der Waals surface area contributed by atoms with Gasteiger partial charge in [0.25, 0.3) is 0 Å². The third-order valence-electron chi connectivity index (χ3n) is 1.72. The molecule has 0 saturated carbocycles. The number of hydrogen-bond donors (Lipinski definition) is 0. The average Bonchev–Trinajstić information content (AvgIpc) is 2.04. The van der Waals surface area contributed by atoms with Gasteiger partial charge in [0.2, 0.25) is 0 Å². The number of carbonyl (C=O) groups excluding carboxylic acids is 1. The first-order valence-corrected chi connectivity index (χ1v) is 4.16. The van der Waals surface area contributed by atoms with Crippen LogP contribution >= 0.6 is 0 Å². The van der Waals surface area contributed by atoms with Gasteiger partial charge in [-0.2, -0.15) is 0 Å². The summed E-state index contributed by atoms with van der Waals surface area (Å²) in [6.45, 7) is 3.80. The number of aromatic nitrogens is 1. The molecule has 0 saturated heterocycles. The highest BCUT2D eigenvalue weighted by molar-refractivity contribution is 5.80. The molecule has 0 aliphatic rings. The van der Waals surface area contributed by atoms with Crippen molar-refractivity contribution in [3.05, 3.63) is 29.6 Å². The molecule has 1 aromatic rings. The topological polar surface area (TPSA) is 30.0 Å². The van der Waals surface area contributed by atoms with Crippen LogP contribution in [0.5, 0.6) is 0 Å². The number of Topliss-reactive ketones (excluding diaryl/α,β-unsaturated/α-hetero) is 1. The van der Waals surface area contributed by atoms with E-state index in [0.29, 0.717) is 12.8 Å². The normalized spacial score (nSPS) is 9.83. The highest BCUT2D eigenvalue weighted by Gasteiger charge is 2.01. The first-order valence-electron chi connectivity index (χ1n) is 4.16. The zero-order chi connectivity index (χ0) is 8.97. The fraction of sp³-hybridized carbons (Fsp3) is 0.400. The van der Waals surface area contributed by atoms with E-state index in [1.165, 1.54) is 0 Å². The van der Waals surface area contributed by atoms with Gasteiger partial charge in [-0.25, -0.2) is 0 Å². The molecule has 2 nitrogen and oxygen atoms in total. The van der Waals surface area contributed by atoms with Crippen molar-refractivity contribution in [2.75, 3.05) is 0 Å². The summed E-state index contributed by atoms with van der Waals surface area (Å²) in [6.07, 6.45) is 1.06. The Balaban J connectivity index is 2.69. The SMILES string of the molecule is CCC(=O)Cc1cccc(C)n1. The van der Waals surface area contributed by atoms with Gasteiger partial charge < -0.3 is 0 Å². The molecular weight excluding hydrogens is 150 g/mol. The molecule has 1 rings (SSSR count). The summed E-state index contributed by atoms with van der Waals surface area (Å²) in [4.78, 5) is 15.3. The van der Waals surface area contributed by atoms with Crippen LogP contribution in [0.1, 0.15) is 24.7 Å². The van der Waals surface area contributed by atoms with Crippen molar-refractivity contribution in [1.29, 1.82) is 0 Å². The molecule has 1 aromatic heterocycles. The standard InChI is InChI=1S/C10H13NO/c1-3-10(12)7-9-6-4-5-8(2)11-9/h4-6H,3,7H2,1-2H3. The van der Waals surface area contributed by atoms with Crippen LogP contribution in [0.25, 0.3) is 0 Å². The van der Waals surface area contributed by atoms with Crippen LogP contribution in [-0.2, 0) is 11.2 Å². The summed E-state index contributed by atoms with van der Waals surface area (Å²) >= 11 is 0. The van der Waals surface area contributed by atoms with Crippen molar-refractivity contribution in [2.24, 2.45) is 0 Å². The smallest absolute Gasteiger partial charge is 0.138 e. The van der Waals surface area contributed by atoms with E-state index in [1.54, 1.807) is 0 Å². The summed E-state index contributed by atoms with van der Waals surface area (Å²) in [7, 11) is 0. The lowest BCUT2D eigenvalue weighted by atomic mass is 10.1. The minimum absolute atomic E-state index is 0.244. The van der Waals surface area contributed by atoms with Gasteiger partial charge in [0.1, 0.15) is 5.78 Å². The van der Waals surface area contributed by atoms with Crippen LogP contribution in [0, 0.1) is 6.92 Å². The fourth-order valence-corrected chi connectivity index (χ4v) is 1.02. The van der Waals surface area contributed by atoms with E-state index in [0.717, 1.165) is 11.4 Å². The Morgan fingerprint density at radius 3 is 2.83 bits per heavy atom. The molecule has 1 heterocycles. The van der Waals surface area contributed by atoms with E-state index >= 15 is 0 Å². The van der Waals surface area contributed by atoms with Gasteiger partial charge in [0, 0.05) is 24.2 Å². The lowest BCUT2D eigenvalue weighted by Crippen LogP contribution is -2.02. The number of rotatable bonds is 3. The van der Waals surface area contributed by atoms with Crippen molar-refractivity contribution in [1.82, 2.24) is 4.98 Å². The molecule has 0 fully saturated rings. The zero-order valence-corrected chi connectivity index (χ0v) is 7.50. The Morgan fingerprint density at radius 2 is 2.25 bits per heavy atom. The third-order valence-corrected chi connectivity index (χ3v) is 1.72. The van der Waals surface area contributed by atoms with Crippen LogP contribution in [0.4, 0.5) is 0 Å². The van der Waals surface area contributed by atoms with Crippen LogP contribution < -0.4 is 0 Å². The molecule has 0 aliphatic carbocycles. The van der Waals surface area contributed by atoms with Gasteiger partial charge in [-0.1, -0.05) is 13.0 Å². The summed E-state index contributed by atoms with van der Waals surface area (Å²) in [6, 6.07) is 5.75. The molecule has 12 heavy (non-hydrogen) atoms. The number of aryl methyl sites for hydroxylation is 1. The summed E-state index contributed by atoms with van der Waals surface area (Å²) in [5, 5.41) is 0. The van der Waals surface area contributed by atoms with Crippen LogP contribution in [0.2, 0.25) is 0 Å². The zero-order valence-electron chi connectivity index (χ0n) is 7.50. The summed E-state index contributed by atoms with van der Waals surface area (Å²) in [5.41, 5.74) is 1.85. The second-order valence-corrected chi connectivity index (χ2v) is 2.84. The van der Waals surface area contributed by atoms with Gasteiger partial charge in [-0.05, 0) is 19.1 Å². The van der Waals surface area contributed by atoms with E-state index in [2.05, 4.69) is 4.98 Å². The Hall–Kier alpha value is -1.18. The number of nitrogens with zero attached hydrogens (tertiary/aromatic N) is 1. The molecule has 0 radical (unpaired) electrons. The summed E-state index contributed by atoms with van der Waals surface area (Å²) in [5.74, 6) is 0.244. The lowest BCUT2D eigenvalue weighted by Gasteiger charge is -1.98. The maximum Gasteiger partial charge on any atom is 0.138 e. The van der Waals surface area contributed by atoms with Gasteiger partial charge >= 0.3 is 0 Å². The molecule has 0 amide bonds. The third kappa shape index (κ3) is 2.46. The lowest BCUT2D eigenvalue weighted by molar-refractivity contribution is -0.118. The monoisotopic (exact) mass is 163 g/mol. The molecule has 0 N–H and O–H groups in total. The van der Waals surface area contributed by atoms with Crippen molar-refractivity contribution >= 4 is 5.78 Å². The van der Waals surface area contributed by atoms with Crippen LogP contribution in [-0.4, -0.2) is 10.8 Å². The number of ketones is 1. The van der Waals surface area contributed by atoms with E-state index in [-0.39, 0.29) is 5.78 Å². The maximum atomic E-state index is 11.1. The van der Waals surface area contributed by atoms with Gasteiger partial charge in [0.15, 0.2) is 0 Å². The Kier molecular flexibility index (Phi) is 2.97. The Bertz CT molecular complexity index is 281. The molecule has 0 unspecified atom stereocenters. The number of hydrogen-bond acceptors (Lipinski definition) is 2. The first-order chi connectivity index (χ1) is 5.72. The molecule has 0 spiro atoms. The van der Waals surface area contributed by atoms with Gasteiger partial charge in [-0.3, -0.25) is 9.78 Å². The average molecular weight is 163 g/mol. The van der Waals surface area contributed by atoms with E-state index in [9.17, 15) is 4.79 Å². The number of pyridine rings is 1. The number of carbonyl (C=O) groups is 1. The minimum atomic E-state index is 0.244. The van der Waals surface area contributed by atoms with E-state index in [1.807, 2.05) is 32.0 Å². The Labute approximate surface area is 72.6 Å². The first kappa shape index (κ1) is 8.91. The second kappa shape index (κ2) is 4.00. The summed E-state index contributed by atoms with van der Waals surface area (Å²) < 4.78 is 0. The van der Waals surface area contributed by atoms with Crippen molar-refractivity contribution in [3.63, 3.8) is 0 Å². The molecule has 0 aliphatic heterocycles. The molecule has 2 heteroatoms. The highest BCUT2D eigenvalue weighted by Crippen LogP contribution is 2.00. The van der Waals surface area contributed by atoms with Crippen molar-refractivity contribution < 1.29 is 4.79 Å². The quantitative estimate of drug-likeness (QED) is 0.681. The van der Waals surface area contributed by atoms with Crippen LogP contribution in [0.3, 0.4) is 0 Å². The Morgan fingerprint density at radius 1 is 1.50 bits per heavy atom. The van der Waals surface area contributed by atoms with Crippen molar-refractivity contribution in [3.8, 4) is 0 Å².